The van der Waals surface area contributed by atoms with Gasteiger partial charge in [-0.15, -0.1) is 0 Å². The molecule has 0 amide bonds. The van der Waals surface area contributed by atoms with Gasteiger partial charge in [-0.2, -0.15) is 0 Å². The summed E-state index contributed by atoms with van der Waals surface area (Å²) in [5, 5.41) is 8.96. The number of nitrogens with zero attached hydrogens (tertiary/aromatic N) is 1. The molecular weight excluding hydrogens is 150 g/mol. The van der Waals surface area contributed by atoms with E-state index in [1.165, 1.54) is 0 Å². The summed E-state index contributed by atoms with van der Waals surface area (Å²) in [6, 6.07) is 3.92. The van der Waals surface area contributed by atoms with Gasteiger partial charge < -0.3 is 5.11 Å². The molecule has 1 heterocycles. The zero-order valence-electron chi connectivity index (χ0n) is 7.36. The van der Waals surface area contributed by atoms with Gasteiger partial charge in [0.05, 0.1) is 6.10 Å². The van der Waals surface area contributed by atoms with Gasteiger partial charge in [0, 0.05) is 11.9 Å². The fraction of sp³-hybridized carbons (Fsp3) is 0.300. The maximum absolute atomic E-state index is 8.96. The molecule has 0 aromatic carbocycles. The summed E-state index contributed by atoms with van der Waals surface area (Å²) in [5.74, 6) is 0. The van der Waals surface area contributed by atoms with Crippen LogP contribution in [-0.4, -0.2) is 16.2 Å². The lowest BCUT2D eigenvalue weighted by Gasteiger charge is -1.95. The summed E-state index contributed by atoms with van der Waals surface area (Å²) >= 11 is 0. The van der Waals surface area contributed by atoms with Crippen molar-refractivity contribution in [1.82, 2.24) is 4.98 Å². The predicted molar refractivity (Wildman–Crippen MR) is 49.7 cm³/mol. The molecule has 64 valence electrons. The molecule has 0 saturated heterocycles. The summed E-state index contributed by atoms with van der Waals surface area (Å²) in [6.07, 6.45) is 4.98. The zero-order valence-corrected chi connectivity index (χ0v) is 7.36. The van der Waals surface area contributed by atoms with Gasteiger partial charge in [-0.1, -0.05) is 18.2 Å². The highest BCUT2D eigenvalue weighted by Crippen LogP contribution is 2.02. The number of rotatable bonds is 2. The molecule has 1 rings (SSSR count). The van der Waals surface area contributed by atoms with Gasteiger partial charge in [0.15, 0.2) is 0 Å². The first-order valence-electron chi connectivity index (χ1n) is 3.97. The maximum atomic E-state index is 8.96. The third kappa shape index (κ3) is 2.84. The van der Waals surface area contributed by atoms with E-state index in [1.807, 2.05) is 25.1 Å². The zero-order chi connectivity index (χ0) is 8.97. The van der Waals surface area contributed by atoms with E-state index in [1.54, 1.807) is 19.2 Å². The van der Waals surface area contributed by atoms with Crippen LogP contribution in [0.4, 0.5) is 0 Å². The fourth-order valence-electron chi connectivity index (χ4n) is 0.828. The lowest BCUT2D eigenvalue weighted by atomic mass is 10.2. The van der Waals surface area contributed by atoms with Crippen molar-refractivity contribution in [2.24, 2.45) is 0 Å². The predicted octanol–water partition coefficient (Wildman–Crippen LogP) is 1.78. The summed E-state index contributed by atoms with van der Waals surface area (Å²) in [7, 11) is 0. The van der Waals surface area contributed by atoms with Gasteiger partial charge >= 0.3 is 0 Å². The second kappa shape index (κ2) is 4.02. The van der Waals surface area contributed by atoms with Crippen LogP contribution in [0.1, 0.15) is 18.2 Å². The lowest BCUT2D eigenvalue weighted by molar-refractivity contribution is 0.245. The number of hydrogen-bond donors (Lipinski definition) is 1. The van der Waals surface area contributed by atoms with Crippen LogP contribution in [0.15, 0.2) is 24.4 Å². The molecule has 1 atom stereocenters. The van der Waals surface area contributed by atoms with Crippen LogP contribution in [0.5, 0.6) is 0 Å². The standard InChI is InChI=1S/C10H13NO/c1-8-3-5-10(7-11-8)6-4-9(2)12/h3-7,9,12H,1-2H3/b6-4+. The normalized spacial score (nSPS) is 13.6. The smallest absolute Gasteiger partial charge is 0.0696 e. The SMILES string of the molecule is Cc1ccc(/C=C/C(C)O)cn1. The molecular formula is C10H13NO. The minimum atomic E-state index is -0.397. The van der Waals surface area contributed by atoms with Crippen LogP contribution in [0.3, 0.4) is 0 Å². The topological polar surface area (TPSA) is 33.1 Å². The van der Waals surface area contributed by atoms with Crippen LogP contribution < -0.4 is 0 Å². The van der Waals surface area contributed by atoms with Crippen molar-refractivity contribution in [3.63, 3.8) is 0 Å². The minimum Gasteiger partial charge on any atom is -0.389 e. The summed E-state index contributed by atoms with van der Waals surface area (Å²) in [6.45, 7) is 3.67. The van der Waals surface area contributed by atoms with Gasteiger partial charge in [-0.25, -0.2) is 0 Å². The molecule has 0 aliphatic carbocycles. The van der Waals surface area contributed by atoms with E-state index in [0.717, 1.165) is 11.3 Å². The Kier molecular flexibility index (Phi) is 3.00. The van der Waals surface area contributed by atoms with Gasteiger partial charge in [0.2, 0.25) is 0 Å². The van der Waals surface area contributed by atoms with Gasteiger partial charge in [-0.3, -0.25) is 4.98 Å². The number of pyridine rings is 1. The minimum absolute atomic E-state index is 0.397. The third-order valence-electron chi connectivity index (χ3n) is 1.50. The quantitative estimate of drug-likeness (QED) is 0.721. The van der Waals surface area contributed by atoms with Crippen molar-refractivity contribution in [3.05, 3.63) is 35.7 Å². The van der Waals surface area contributed by atoms with Gasteiger partial charge in [-0.05, 0) is 25.5 Å². The van der Waals surface area contributed by atoms with Crippen LogP contribution in [0, 0.1) is 6.92 Å². The molecule has 0 spiro atoms. The summed E-state index contributed by atoms with van der Waals surface area (Å²) < 4.78 is 0. The molecule has 1 N–H and O–H groups in total. The van der Waals surface area contributed by atoms with Crippen LogP contribution in [0.25, 0.3) is 6.08 Å². The fourth-order valence-corrected chi connectivity index (χ4v) is 0.828. The summed E-state index contributed by atoms with van der Waals surface area (Å²) in [4.78, 5) is 4.12. The molecule has 2 nitrogen and oxygen atoms in total. The molecule has 1 aromatic rings. The van der Waals surface area contributed by atoms with E-state index in [0.29, 0.717) is 0 Å². The number of aryl methyl sites for hydroxylation is 1. The Morgan fingerprint density at radius 1 is 1.50 bits per heavy atom. The van der Waals surface area contributed by atoms with E-state index in [4.69, 9.17) is 5.11 Å². The lowest BCUT2D eigenvalue weighted by Crippen LogP contribution is -1.91. The van der Waals surface area contributed by atoms with E-state index in [9.17, 15) is 0 Å². The first-order valence-corrected chi connectivity index (χ1v) is 3.97. The van der Waals surface area contributed by atoms with Crippen molar-refractivity contribution >= 4 is 6.08 Å². The monoisotopic (exact) mass is 163 g/mol. The Hall–Kier alpha value is -1.15. The van der Waals surface area contributed by atoms with Crippen molar-refractivity contribution in [2.45, 2.75) is 20.0 Å². The van der Waals surface area contributed by atoms with E-state index < -0.39 is 6.10 Å². The Balaban J connectivity index is 2.71. The number of aliphatic hydroxyl groups is 1. The molecule has 0 saturated carbocycles. The average molecular weight is 163 g/mol. The molecule has 1 unspecified atom stereocenters. The van der Waals surface area contributed by atoms with E-state index >= 15 is 0 Å². The third-order valence-corrected chi connectivity index (χ3v) is 1.50. The molecule has 0 aliphatic heterocycles. The first kappa shape index (κ1) is 8.94. The average Bonchev–Trinajstić information content (AvgIpc) is 2.03. The van der Waals surface area contributed by atoms with Crippen molar-refractivity contribution in [2.75, 3.05) is 0 Å². The molecule has 2 heteroatoms. The highest BCUT2D eigenvalue weighted by molar-refractivity contribution is 5.48. The Morgan fingerprint density at radius 2 is 2.25 bits per heavy atom. The van der Waals surface area contributed by atoms with Gasteiger partial charge in [0.1, 0.15) is 0 Å². The molecule has 0 fully saturated rings. The highest BCUT2D eigenvalue weighted by Gasteiger charge is 1.88. The number of hydrogen-bond acceptors (Lipinski definition) is 2. The molecule has 0 aliphatic rings. The van der Waals surface area contributed by atoms with E-state index in [-0.39, 0.29) is 0 Å². The summed E-state index contributed by atoms with van der Waals surface area (Å²) in [5.41, 5.74) is 2.02. The van der Waals surface area contributed by atoms with Gasteiger partial charge in [0.25, 0.3) is 0 Å². The highest BCUT2D eigenvalue weighted by atomic mass is 16.3. The van der Waals surface area contributed by atoms with Crippen LogP contribution in [-0.2, 0) is 0 Å². The Bertz CT molecular complexity index is 262. The van der Waals surface area contributed by atoms with E-state index in [2.05, 4.69) is 4.98 Å². The number of aliphatic hydroxyl groups excluding tert-OH is 1. The van der Waals surface area contributed by atoms with Crippen molar-refractivity contribution in [3.8, 4) is 0 Å². The van der Waals surface area contributed by atoms with Crippen molar-refractivity contribution < 1.29 is 5.11 Å². The molecule has 0 bridgehead atoms. The second-order valence-corrected chi connectivity index (χ2v) is 2.83. The second-order valence-electron chi connectivity index (χ2n) is 2.83. The van der Waals surface area contributed by atoms with Crippen LogP contribution in [0.2, 0.25) is 0 Å². The largest absolute Gasteiger partial charge is 0.389 e. The van der Waals surface area contributed by atoms with Crippen molar-refractivity contribution in [1.29, 1.82) is 0 Å². The molecule has 0 radical (unpaired) electrons. The van der Waals surface area contributed by atoms with Crippen LogP contribution >= 0.6 is 0 Å². The Morgan fingerprint density at radius 3 is 2.75 bits per heavy atom. The molecule has 12 heavy (non-hydrogen) atoms. The molecule has 1 aromatic heterocycles. The first-order chi connectivity index (χ1) is 5.68. The number of aromatic nitrogens is 1. The Labute approximate surface area is 72.6 Å². The maximum Gasteiger partial charge on any atom is 0.0696 e.